The van der Waals surface area contributed by atoms with Crippen LogP contribution in [0.15, 0.2) is 42.5 Å². The molecule has 0 saturated heterocycles. The molecule has 0 aliphatic carbocycles. The van der Waals surface area contributed by atoms with E-state index in [1.165, 1.54) is 12.1 Å². The third-order valence-corrected chi connectivity index (χ3v) is 4.69. The maximum absolute atomic E-state index is 12.5. The summed E-state index contributed by atoms with van der Waals surface area (Å²) in [6.07, 6.45) is 0. The van der Waals surface area contributed by atoms with Crippen molar-refractivity contribution in [1.29, 1.82) is 0 Å². The molecule has 2 aromatic rings. The minimum Gasteiger partial charge on any atom is -0.497 e. The molecule has 9 nitrogen and oxygen atoms in total. The van der Waals surface area contributed by atoms with Crippen molar-refractivity contribution in [1.82, 2.24) is 10.6 Å². The van der Waals surface area contributed by atoms with E-state index in [2.05, 4.69) is 10.6 Å². The van der Waals surface area contributed by atoms with E-state index in [1.807, 2.05) is 0 Å². The minimum absolute atomic E-state index is 0.0392. The summed E-state index contributed by atoms with van der Waals surface area (Å²) in [5, 5.41) is 16.3. The number of carbonyl (C=O) groups excluding carboxylic acids is 2. The molecular formula is C21H24ClN3O6. The van der Waals surface area contributed by atoms with Gasteiger partial charge in [0.05, 0.1) is 18.6 Å². The molecule has 0 bridgehead atoms. The average Bonchev–Trinajstić information content (AvgIpc) is 2.75. The van der Waals surface area contributed by atoms with Crippen molar-refractivity contribution >= 4 is 29.1 Å². The van der Waals surface area contributed by atoms with Crippen LogP contribution in [0.5, 0.6) is 11.5 Å². The van der Waals surface area contributed by atoms with Crippen molar-refractivity contribution < 1.29 is 24.0 Å². The van der Waals surface area contributed by atoms with Crippen LogP contribution in [0.4, 0.5) is 5.69 Å². The number of carbonyl (C=O) groups is 2. The molecule has 2 rings (SSSR count). The van der Waals surface area contributed by atoms with Crippen LogP contribution in [0.25, 0.3) is 0 Å². The highest BCUT2D eigenvalue weighted by Gasteiger charge is 2.25. The Morgan fingerprint density at radius 1 is 1.13 bits per heavy atom. The van der Waals surface area contributed by atoms with Crippen LogP contribution in [0, 0.1) is 16.0 Å². The molecule has 0 aliphatic rings. The smallest absolute Gasteiger partial charge is 0.288 e. The first-order valence-corrected chi connectivity index (χ1v) is 9.90. The van der Waals surface area contributed by atoms with Gasteiger partial charge in [0.1, 0.15) is 29.2 Å². The number of nitrogens with one attached hydrogen (secondary N) is 2. The van der Waals surface area contributed by atoms with Gasteiger partial charge in [-0.2, -0.15) is 0 Å². The highest BCUT2D eigenvalue weighted by atomic mass is 35.5. The number of nitrogens with zero attached hydrogens (tertiary/aromatic N) is 1. The lowest BCUT2D eigenvalue weighted by Gasteiger charge is -2.22. The lowest BCUT2D eigenvalue weighted by Crippen LogP contribution is -2.50. The first-order chi connectivity index (χ1) is 14.7. The van der Waals surface area contributed by atoms with Gasteiger partial charge in [0, 0.05) is 11.6 Å². The Bertz CT molecular complexity index is 933. The maximum Gasteiger partial charge on any atom is 0.288 e. The van der Waals surface area contributed by atoms with Gasteiger partial charge in [-0.15, -0.1) is 0 Å². The topological polar surface area (TPSA) is 120 Å². The zero-order valence-corrected chi connectivity index (χ0v) is 18.1. The van der Waals surface area contributed by atoms with Crippen molar-refractivity contribution in [3.8, 4) is 11.5 Å². The van der Waals surface area contributed by atoms with Gasteiger partial charge in [-0.1, -0.05) is 25.4 Å². The summed E-state index contributed by atoms with van der Waals surface area (Å²) in [5.74, 6) is 0.136. The fourth-order valence-corrected chi connectivity index (χ4v) is 2.86. The second kappa shape index (κ2) is 11.2. The number of hydrogen-bond donors (Lipinski definition) is 2. The quantitative estimate of drug-likeness (QED) is 0.326. The number of nitro benzene ring substituents is 1. The van der Waals surface area contributed by atoms with E-state index in [0.717, 1.165) is 6.07 Å². The van der Waals surface area contributed by atoms with Crippen molar-refractivity contribution in [3.63, 3.8) is 0 Å². The van der Waals surface area contributed by atoms with Crippen LogP contribution in [-0.4, -0.2) is 43.0 Å². The molecule has 0 heterocycles. The predicted molar refractivity (Wildman–Crippen MR) is 116 cm³/mol. The average molecular weight is 450 g/mol. The Hall–Kier alpha value is -3.33. The fourth-order valence-electron chi connectivity index (χ4n) is 2.68. The van der Waals surface area contributed by atoms with Gasteiger partial charge in [-0.25, -0.2) is 0 Å². The van der Waals surface area contributed by atoms with E-state index >= 15 is 0 Å². The van der Waals surface area contributed by atoms with E-state index in [0.29, 0.717) is 11.5 Å². The molecular weight excluding hydrogens is 426 g/mol. The SMILES string of the molecule is COc1ccc(OCCNC(=O)C(NC(=O)c2ccc(Cl)c([N+](=O)[O-])c2)C(C)C)cc1. The molecule has 0 radical (unpaired) electrons. The molecule has 1 unspecified atom stereocenters. The molecule has 0 saturated carbocycles. The predicted octanol–water partition coefficient (Wildman–Crippen LogP) is 3.21. The van der Waals surface area contributed by atoms with E-state index in [1.54, 1.807) is 45.2 Å². The van der Waals surface area contributed by atoms with Crippen molar-refractivity contribution in [2.45, 2.75) is 19.9 Å². The fraction of sp³-hybridized carbons (Fsp3) is 0.333. The lowest BCUT2D eigenvalue weighted by molar-refractivity contribution is -0.384. The summed E-state index contributed by atoms with van der Waals surface area (Å²) in [4.78, 5) is 35.4. The van der Waals surface area contributed by atoms with Gasteiger partial charge >= 0.3 is 0 Å². The minimum atomic E-state index is -0.830. The van der Waals surface area contributed by atoms with Crippen molar-refractivity contribution in [2.75, 3.05) is 20.3 Å². The van der Waals surface area contributed by atoms with Gasteiger partial charge < -0.3 is 20.1 Å². The second-order valence-electron chi connectivity index (χ2n) is 6.93. The Kier molecular flexibility index (Phi) is 8.63. The number of hydrogen-bond acceptors (Lipinski definition) is 6. The molecule has 0 fully saturated rings. The standard InChI is InChI=1S/C21H24ClN3O6/c1-13(2)19(24-20(26)14-4-9-17(22)18(12-14)25(28)29)21(27)23-10-11-31-16-7-5-15(30-3)6-8-16/h4-9,12-13,19H,10-11H2,1-3H3,(H,23,27)(H,24,26). The number of halogens is 1. The molecule has 1 atom stereocenters. The largest absolute Gasteiger partial charge is 0.497 e. The highest BCUT2D eigenvalue weighted by Crippen LogP contribution is 2.25. The summed E-state index contributed by atoms with van der Waals surface area (Å²) in [5.41, 5.74) is -0.340. The number of benzene rings is 2. The molecule has 2 N–H and O–H groups in total. The Morgan fingerprint density at radius 3 is 2.35 bits per heavy atom. The van der Waals surface area contributed by atoms with Crippen LogP contribution in [0.2, 0.25) is 5.02 Å². The van der Waals surface area contributed by atoms with E-state index < -0.39 is 16.9 Å². The molecule has 166 valence electrons. The van der Waals surface area contributed by atoms with E-state index in [9.17, 15) is 19.7 Å². The monoisotopic (exact) mass is 449 g/mol. The normalized spacial score (nSPS) is 11.5. The third-order valence-electron chi connectivity index (χ3n) is 4.37. The number of ether oxygens (including phenoxy) is 2. The third kappa shape index (κ3) is 6.85. The number of methoxy groups -OCH3 is 1. The van der Waals surface area contributed by atoms with Crippen LogP contribution in [-0.2, 0) is 4.79 Å². The first-order valence-electron chi connectivity index (χ1n) is 9.52. The molecule has 31 heavy (non-hydrogen) atoms. The Morgan fingerprint density at radius 2 is 1.77 bits per heavy atom. The highest BCUT2D eigenvalue weighted by molar-refractivity contribution is 6.32. The van der Waals surface area contributed by atoms with Gasteiger partial charge in [0.2, 0.25) is 5.91 Å². The Balaban J connectivity index is 1.92. The molecule has 2 aromatic carbocycles. The molecule has 0 spiro atoms. The van der Waals surface area contributed by atoms with Crippen LogP contribution in [0.3, 0.4) is 0 Å². The molecule has 2 amide bonds. The summed E-state index contributed by atoms with van der Waals surface area (Å²) >= 11 is 5.78. The number of nitro groups is 1. The molecule has 0 aliphatic heterocycles. The van der Waals surface area contributed by atoms with E-state index in [-0.39, 0.29) is 41.3 Å². The summed E-state index contributed by atoms with van der Waals surface area (Å²) < 4.78 is 10.6. The molecule has 0 aromatic heterocycles. The summed E-state index contributed by atoms with van der Waals surface area (Å²) in [6.45, 7) is 4.03. The summed E-state index contributed by atoms with van der Waals surface area (Å²) in [6, 6.07) is 9.92. The first kappa shape index (κ1) is 23.9. The molecule has 10 heteroatoms. The van der Waals surface area contributed by atoms with Gasteiger partial charge in [-0.05, 0) is 42.3 Å². The van der Waals surface area contributed by atoms with Gasteiger partial charge in [0.25, 0.3) is 11.6 Å². The van der Waals surface area contributed by atoms with Crippen LogP contribution >= 0.6 is 11.6 Å². The Labute approximate surface area is 184 Å². The van der Waals surface area contributed by atoms with Crippen LogP contribution in [0.1, 0.15) is 24.2 Å². The van der Waals surface area contributed by atoms with Crippen molar-refractivity contribution in [2.24, 2.45) is 5.92 Å². The number of amides is 2. The maximum atomic E-state index is 12.5. The second-order valence-corrected chi connectivity index (χ2v) is 7.34. The zero-order chi connectivity index (χ0) is 23.0. The van der Waals surface area contributed by atoms with Gasteiger partial charge in [-0.3, -0.25) is 19.7 Å². The zero-order valence-electron chi connectivity index (χ0n) is 17.4. The lowest BCUT2D eigenvalue weighted by atomic mass is 10.0. The number of rotatable bonds is 10. The summed E-state index contributed by atoms with van der Waals surface area (Å²) in [7, 11) is 1.57. The van der Waals surface area contributed by atoms with Crippen molar-refractivity contribution in [3.05, 3.63) is 63.2 Å². The van der Waals surface area contributed by atoms with Gasteiger partial charge in [0.15, 0.2) is 0 Å². The van der Waals surface area contributed by atoms with E-state index in [4.69, 9.17) is 21.1 Å². The van der Waals surface area contributed by atoms with Crippen LogP contribution < -0.4 is 20.1 Å².